The van der Waals surface area contributed by atoms with Gasteiger partial charge in [0.1, 0.15) is 11.7 Å². The van der Waals surface area contributed by atoms with Gasteiger partial charge in [-0.1, -0.05) is 0 Å². The molecule has 1 aliphatic carbocycles. The first-order valence-corrected chi connectivity index (χ1v) is 11.4. The van der Waals surface area contributed by atoms with Crippen molar-refractivity contribution in [1.29, 1.82) is 0 Å². The molecule has 0 unspecified atom stereocenters. The number of carbonyl (C=O) groups excluding carboxylic acids is 2. The van der Waals surface area contributed by atoms with Crippen LogP contribution in [0.3, 0.4) is 0 Å². The lowest BCUT2D eigenvalue weighted by Crippen LogP contribution is -2.66. The van der Waals surface area contributed by atoms with E-state index in [9.17, 15) is 22.8 Å². The molecular weight excluding hydrogens is 459 g/mol. The van der Waals surface area contributed by atoms with Gasteiger partial charge in [-0.15, -0.1) is 11.3 Å². The van der Waals surface area contributed by atoms with Crippen molar-refractivity contribution in [2.45, 2.75) is 58.4 Å². The molecule has 4 rings (SSSR count). The van der Waals surface area contributed by atoms with E-state index in [-0.39, 0.29) is 39.3 Å². The van der Waals surface area contributed by atoms with E-state index in [0.29, 0.717) is 30.8 Å². The smallest absolute Gasteiger partial charge is 0.418 e. The fourth-order valence-electron chi connectivity index (χ4n) is 4.45. The minimum Gasteiger partial charge on any atom is -0.474 e. The van der Waals surface area contributed by atoms with E-state index >= 15 is 0 Å². The van der Waals surface area contributed by atoms with Crippen molar-refractivity contribution in [3.8, 4) is 5.88 Å². The highest BCUT2D eigenvalue weighted by atomic mass is 32.1. The summed E-state index contributed by atoms with van der Waals surface area (Å²) in [5, 5.41) is 2.46. The standard InChI is InChI=1S/C22H26F3N3O4S/c1-11-15(18(29)26-5)16-17(33-11)13(22(23,24)25)6-14(27-16)31-12-7-21(8-12)9-28(10-21)19(30)32-20(2,3)4/h6,12H,7-10H2,1-5H3,(H,26,29). The van der Waals surface area contributed by atoms with Crippen molar-refractivity contribution >= 4 is 33.6 Å². The Kier molecular flexibility index (Phi) is 5.54. The second kappa shape index (κ2) is 7.75. The first-order chi connectivity index (χ1) is 15.2. The Balaban J connectivity index is 1.49. The Morgan fingerprint density at radius 3 is 2.42 bits per heavy atom. The van der Waals surface area contributed by atoms with Crippen molar-refractivity contribution < 1.29 is 32.2 Å². The third kappa shape index (κ3) is 4.47. The van der Waals surface area contributed by atoms with Crippen molar-refractivity contribution in [2.75, 3.05) is 20.1 Å². The number of alkyl halides is 3. The highest BCUT2D eigenvalue weighted by Crippen LogP contribution is 2.50. The number of halogens is 3. The molecule has 1 aliphatic heterocycles. The number of thiophene rings is 1. The lowest BCUT2D eigenvalue weighted by Gasteiger charge is -2.57. The number of aromatic nitrogens is 1. The average Bonchev–Trinajstić information content (AvgIpc) is 2.94. The van der Waals surface area contributed by atoms with E-state index in [2.05, 4.69) is 10.3 Å². The maximum absolute atomic E-state index is 13.8. The van der Waals surface area contributed by atoms with Crippen LogP contribution in [0.2, 0.25) is 0 Å². The molecule has 0 aromatic carbocycles. The van der Waals surface area contributed by atoms with Crippen molar-refractivity contribution in [3.05, 3.63) is 22.1 Å². The maximum Gasteiger partial charge on any atom is 0.418 e. The van der Waals surface area contributed by atoms with Crippen molar-refractivity contribution in [1.82, 2.24) is 15.2 Å². The molecule has 1 saturated heterocycles. The van der Waals surface area contributed by atoms with Gasteiger partial charge in [-0.05, 0) is 40.5 Å². The van der Waals surface area contributed by atoms with Gasteiger partial charge in [-0.25, -0.2) is 9.78 Å². The lowest BCUT2D eigenvalue weighted by atomic mass is 9.62. The second-order valence-electron chi connectivity index (χ2n) is 9.78. The summed E-state index contributed by atoms with van der Waals surface area (Å²) >= 11 is 0.894. The number of aryl methyl sites for hydroxylation is 1. The molecule has 2 fully saturated rings. The van der Waals surface area contributed by atoms with E-state index in [4.69, 9.17) is 9.47 Å². The minimum absolute atomic E-state index is 0.00421. The normalized spacial score (nSPS) is 18.1. The van der Waals surface area contributed by atoms with Crippen LogP contribution >= 0.6 is 11.3 Å². The summed E-state index contributed by atoms with van der Waals surface area (Å²) in [5.74, 6) is -0.642. The number of amides is 2. The van der Waals surface area contributed by atoms with Gasteiger partial charge in [0, 0.05) is 36.5 Å². The average molecular weight is 486 g/mol. The summed E-state index contributed by atoms with van der Waals surface area (Å²) in [7, 11) is 1.42. The Bertz CT molecular complexity index is 1110. The van der Waals surface area contributed by atoms with Crippen LogP contribution in [-0.4, -0.2) is 53.7 Å². The highest BCUT2D eigenvalue weighted by molar-refractivity contribution is 7.19. The van der Waals surface area contributed by atoms with Crippen molar-refractivity contribution in [2.24, 2.45) is 5.41 Å². The molecule has 33 heavy (non-hydrogen) atoms. The van der Waals surface area contributed by atoms with Crippen LogP contribution in [0.4, 0.5) is 18.0 Å². The largest absolute Gasteiger partial charge is 0.474 e. The van der Waals surface area contributed by atoms with Gasteiger partial charge in [0.05, 0.1) is 21.3 Å². The number of pyridine rings is 1. The van der Waals surface area contributed by atoms with Crippen LogP contribution in [-0.2, 0) is 10.9 Å². The molecule has 2 aliphatic rings. The Morgan fingerprint density at radius 2 is 1.88 bits per heavy atom. The number of likely N-dealkylation sites (tertiary alicyclic amines) is 1. The second-order valence-corrected chi connectivity index (χ2v) is 11.0. The molecule has 7 nitrogen and oxygen atoms in total. The molecule has 0 atom stereocenters. The van der Waals surface area contributed by atoms with Gasteiger partial charge in [0.25, 0.3) is 5.91 Å². The van der Waals surface area contributed by atoms with Gasteiger partial charge >= 0.3 is 12.3 Å². The van der Waals surface area contributed by atoms with E-state index in [1.807, 2.05) is 0 Å². The van der Waals surface area contributed by atoms with Crippen LogP contribution in [0.1, 0.15) is 54.4 Å². The number of hydrogen-bond acceptors (Lipinski definition) is 6. The number of hydrogen-bond donors (Lipinski definition) is 1. The monoisotopic (exact) mass is 485 g/mol. The molecule has 2 aromatic rings. The zero-order chi connectivity index (χ0) is 24.3. The van der Waals surface area contributed by atoms with Crippen LogP contribution in [0.5, 0.6) is 5.88 Å². The van der Waals surface area contributed by atoms with Crippen LogP contribution < -0.4 is 10.1 Å². The van der Waals surface area contributed by atoms with Crippen LogP contribution in [0.25, 0.3) is 10.2 Å². The van der Waals surface area contributed by atoms with Gasteiger partial charge in [-0.3, -0.25) is 4.79 Å². The molecule has 3 heterocycles. The fraction of sp³-hybridized carbons (Fsp3) is 0.591. The Hall–Kier alpha value is -2.56. The molecule has 0 bridgehead atoms. The van der Waals surface area contributed by atoms with Gasteiger partial charge < -0.3 is 19.7 Å². The molecular formula is C22H26F3N3O4S. The summed E-state index contributed by atoms with van der Waals surface area (Å²) in [6.45, 7) is 8.07. The third-order valence-corrected chi connectivity index (χ3v) is 6.99. The highest BCUT2D eigenvalue weighted by Gasteiger charge is 2.55. The van der Waals surface area contributed by atoms with Gasteiger partial charge in [0.15, 0.2) is 0 Å². The maximum atomic E-state index is 13.8. The molecule has 1 spiro atoms. The summed E-state index contributed by atoms with van der Waals surface area (Å²) in [4.78, 5) is 30.8. The first kappa shape index (κ1) is 23.6. The summed E-state index contributed by atoms with van der Waals surface area (Å²) in [6.07, 6.45) is -4.07. The molecule has 180 valence electrons. The van der Waals surface area contributed by atoms with Crippen molar-refractivity contribution in [3.63, 3.8) is 0 Å². The van der Waals surface area contributed by atoms with E-state index in [1.165, 1.54) is 7.05 Å². The van der Waals surface area contributed by atoms with Gasteiger partial charge in [-0.2, -0.15) is 13.2 Å². The summed E-state index contributed by atoms with van der Waals surface area (Å²) in [6, 6.07) is 0.907. The Morgan fingerprint density at radius 1 is 1.24 bits per heavy atom. The summed E-state index contributed by atoms with van der Waals surface area (Å²) in [5.41, 5.74) is -1.40. The first-order valence-electron chi connectivity index (χ1n) is 10.6. The molecule has 1 saturated carbocycles. The molecule has 2 amide bonds. The van der Waals surface area contributed by atoms with Gasteiger partial charge in [0.2, 0.25) is 5.88 Å². The summed E-state index contributed by atoms with van der Waals surface area (Å²) < 4.78 is 52.3. The van der Waals surface area contributed by atoms with E-state index < -0.39 is 23.2 Å². The Labute approximate surface area is 193 Å². The topological polar surface area (TPSA) is 80.8 Å². The third-order valence-electron chi connectivity index (χ3n) is 5.87. The molecule has 2 aromatic heterocycles. The fourth-order valence-corrected chi connectivity index (χ4v) is 5.58. The van der Waals surface area contributed by atoms with Crippen LogP contribution in [0, 0.1) is 12.3 Å². The predicted octanol–water partition coefficient (Wildman–Crippen LogP) is 4.76. The zero-order valence-electron chi connectivity index (χ0n) is 19.1. The predicted molar refractivity (Wildman–Crippen MR) is 117 cm³/mol. The molecule has 11 heteroatoms. The molecule has 1 N–H and O–H groups in total. The number of nitrogens with one attached hydrogen (secondary N) is 1. The van der Waals surface area contributed by atoms with E-state index in [1.54, 1.807) is 32.6 Å². The lowest BCUT2D eigenvalue weighted by molar-refractivity contribution is -0.136. The minimum atomic E-state index is -4.61. The number of rotatable bonds is 3. The van der Waals surface area contributed by atoms with E-state index in [0.717, 1.165) is 17.4 Å². The number of ether oxygens (including phenoxy) is 2. The quantitative estimate of drug-likeness (QED) is 0.678. The number of fused-ring (bicyclic) bond motifs is 1. The van der Waals surface area contributed by atoms with Crippen LogP contribution in [0.15, 0.2) is 6.07 Å². The zero-order valence-corrected chi connectivity index (χ0v) is 19.9. The SMILES string of the molecule is CNC(=O)c1c(C)sc2c(C(F)(F)F)cc(OC3CC4(C3)CN(C(=O)OC(C)(C)C)C4)nc12. The number of carbonyl (C=O) groups is 2. The number of nitrogens with zero attached hydrogens (tertiary/aromatic N) is 2. The molecule has 0 radical (unpaired) electrons.